The summed E-state index contributed by atoms with van der Waals surface area (Å²) in [5.41, 5.74) is 7.84. The number of fused-ring (bicyclic) bond motifs is 1. The van der Waals surface area contributed by atoms with Gasteiger partial charge >= 0.3 is 0 Å². The monoisotopic (exact) mass is 259 g/mol. The Morgan fingerprint density at radius 2 is 2.21 bits per heavy atom. The first-order chi connectivity index (χ1) is 9.22. The summed E-state index contributed by atoms with van der Waals surface area (Å²) < 4.78 is 5.65. The lowest BCUT2D eigenvalue weighted by Crippen LogP contribution is -2.29. The summed E-state index contributed by atoms with van der Waals surface area (Å²) in [6.45, 7) is 1.24. The molecule has 0 spiro atoms. The lowest BCUT2D eigenvalue weighted by Gasteiger charge is -2.18. The number of nitrogens with two attached hydrogens (primary N) is 1. The Bertz CT molecular complexity index is 606. The van der Waals surface area contributed by atoms with Gasteiger partial charge in [-0.15, -0.1) is 0 Å². The van der Waals surface area contributed by atoms with Crippen LogP contribution in [0.1, 0.15) is 31.6 Å². The van der Waals surface area contributed by atoms with Gasteiger partial charge in [0.1, 0.15) is 5.52 Å². The van der Waals surface area contributed by atoms with Crippen LogP contribution in [0.25, 0.3) is 11.1 Å². The average molecular weight is 259 g/mol. The van der Waals surface area contributed by atoms with Gasteiger partial charge in [0.15, 0.2) is 5.58 Å². The van der Waals surface area contributed by atoms with Crippen molar-refractivity contribution in [2.24, 2.45) is 0 Å². The van der Waals surface area contributed by atoms with Crippen molar-refractivity contribution in [2.45, 2.75) is 32.2 Å². The van der Waals surface area contributed by atoms with Gasteiger partial charge in [-0.25, -0.2) is 4.98 Å². The molecule has 1 aliphatic rings. The number of carbonyl (C=O) groups excluding carboxylic acids is 1. The van der Waals surface area contributed by atoms with Gasteiger partial charge in [0, 0.05) is 18.7 Å². The van der Waals surface area contributed by atoms with Crippen LogP contribution < -0.4 is 5.73 Å². The Labute approximate surface area is 111 Å². The van der Waals surface area contributed by atoms with E-state index in [0.717, 1.165) is 31.3 Å². The van der Waals surface area contributed by atoms with Gasteiger partial charge in [0.05, 0.1) is 6.54 Å². The third-order valence-corrected chi connectivity index (χ3v) is 3.45. The summed E-state index contributed by atoms with van der Waals surface area (Å²) in [5.74, 6) is 0.773. The average Bonchev–Trinajstić information content (AvgIpc) is 2.66. The van der Waals surface area contributed by atoms with Gasteiger partial charge in [-0.3, -0.25) is 4.79 Å². The maximum Gasteiger partial charge on any atom is 0.223 e. The van der Waals surface area contributed by atoms with Crippen LogP contribution in [0.15, 0.2) is 22.6 Å². The van der Waals surface area contributed by atoms with Crippen LogP contribution in [-0.2, 0) is 11.3 Å². The number of hydrogen-bond donors (Lipinski definition) is 1. The highest BCUT2D eigenvalue weighted by molar-refractivity contribution is 5.77. The first-order valence-electron chi connectivity index (χ1n) is 6.65. The fourth-order valence-electron chi connectivity index (χ4n) is 2.43. The highest BCUT2D eigenvalue weighted by Gasteiger charge is 2.19. The second kappa shape index (κ2) is 4.91. The van der Waals surface area contributed by atoms with Crippen molar-refractivity contribution in [3.63, 3.8) is 0 Å². The molecule has 2 N–H and O–H groups in total. The zero-order chi connectivity index (χ0) is 13.2. The van der Waals surface area contributed by atoms with Crippen molar-refractivity contribution in [1.82, 2.24) is 9.88 Å². The molecule has 2 aromatic rings. The number of nitrogens with zero attached hydrogens (tertiary/aromatic N) is 2. The molecule has 0 bridgehead atoms. The van der Waals surface area contributed by atoms with Crippen molar-refractivity contribution in [3.8, 4) is 0 Å². The van der Waals surface area contributed by atoms with Gasteiger partial charge < -0.3 is 15.1 Å². The SMILES string of the molecule is Nc1ccc2oc(CN3CCCCCC3=O)nc2c1. The highest BCUT2D eigenvalue weighted by atomic mass is 16.3. The summed E-state index contributed by atoms with van der Waals surface area (Å²) in [4.78, 5) is 18.2. The standard InChI is InChI=1S/C14H17N3O2/c15-10-5-6-12-11(8-10)16-13(19-12)9-17-7-3-1-2-4-14(17)18/h5-6,8H,1-4,7,9,15H2. The van der Waals surface area contributed by atoms with E-state index in [2.05, 4.69) is 4.98 Å². The number of benzene rings is 1. The van der Waals surface area contributed by atoms with Gasteiger partial charge in [0.2, 0.25) is 11.8 Å². The van der Waals surface area contributed by atoms with E-state index in [9.17, 15) is 4.79 Å². The Morgan fingerprint density at radius 3 is 3.11 bits per heavy atom. The van der Waals surface area contributed by atoms with Crippen LogP contribution in [0.4, 0.5) is 5.69 Å². The second-order valence-electron chi connectivity index (χ2n) is 4.96. The van der Waals surface area contributed by atoms with Gasteiger partial charge in [-0.05, 0) is 31.0 Å². The van der Waals surface area contributed by atoms with Crippen molar-refractivity contribution in [3.05, 3.63) is 24.1 Å². The smallest absolute Gasteiger partial charge is 0.223 e. The Kier molecular flexibility index (Phi) is 3.11. The van der Waals surface area contributed by atoms with Gasteiger partial charge in [-0.1, -0.05) is 6.42 Å². The van der Waals surface area contributed by atoms with Crippen molar-refractivity contribution < 1.29 is 9.21 Å². The molecule has 19 heavy (non-hydrogen) atoms. The van der Waals surface area contributed by atoms with Crippen LogP contribution >= 0.6 is 0 Å². The number of hydrogen-bond acceptors (Lipinski definition) is 4. The molecule has 5 nitrogen and oxygen atoms in total. The van der Waals surface area contributed by atoms with E-state index in [1.165, 1.54) is 0 Å². The molecule has 5 heteroatoms. The number of anilines is 1. The molecule has 0 unspecified atom stereocenters. The summed E-state index contributed by atoms with van der Waals surface area (Å²) in [6, 6.07) is 5.38. The fraction of sp³-hybridized carbons (Fsp3) is 0.429. The molecule has 1 aliphatic heterocycles. The number of oxazole rings is 1. The molecule has 1 fully saturated rings. The molecule has 0 saturated carbocycles. The third kappa shape index (κ3) is 2.54. The molecule has 1 saturated heterocycles. The van der Waals surface area contributed by atoms with Crippen LogP contribution in [0.5, 0.6) is 0 Å². The number of likely N-dealkylation sites (tertiary alicyclic amines) is 1. The largest absolute Gasteiger partial charge is 0.439 e. The molecule has 0 radical (unpaired) electrons. The summed E-state index contributed by atoms with van der Waals surface area (Å²) in [6.07, 6.45) is 3.79. The number of carbonyl (C=O) groups is 1. The number of aromatic nitrogens is 1. The van der Waals surface area contributed by atoms with E-state index < -0.39 is 0 Å². The topological polar surface area (TPSA) is 72.4 Å². The van der Waals surface area contributed by atoms with E-state index >= 15 is 0 Å². The Hall–Kier alpha value is -2.04. The van der Waals surface area contributed by atoms with Crippen LogP contribution in [0.2, 0.25) is 0 Å². The predicted octanol–water partition coefficient (Wildman–Crippen LogP) is 2.31. The molecule has 1 aromatic carbocycles. The fourth-order valence-corrected chi connectivity index (χ4v) is 2.43. The highest BCUT2D eigenvalue weighted by Crippen LogP contribution is 2.20. The molecule has 1 amide bonds. The zero-order valence-electron chi connectivity index (χ0n) is 10.8. The van der Waals surface area contributed by atoms with Gasteiger partial charge in [0.25, 0.3) is 0 Å². The second-order valence-corrected chi connectivity index (χ2v) is 4.96. The van der Waals surface area contributed by atoms with Crippen LogP contribution in [0, 0.1) is 0 Å². The quantitative estimate of drug-likeness (QED) is 0.840. The first-order valence-corrected chi connectivity index (χ1v) is 6.65. The molecule has 0 atom stereocenters. The van der Waals surface area contributed by atoms with E-state index in [1.807, 2.05) is 11.0 Å². The van der Waals surface area contributed by atoms with Crippen molar-refractivity contribution >= 4 is 22.7 Å². The molecule has 3 rings (SSSR count). The number of amides is 1. The summed E-state index contributed by atoms with van der Waals surface area (Å²) >= 11 is 0. The molecule has 100 valence electrons. The van der Waals surface area contributed by atoms with E-state index in [4.69, 9.17) is 10.2 Å². The van der Waals surface area contributed by atoms with Crippen molar-refractivity contribution in [1.29, 1.82) is 0 Å². The molecular formula is C14H17N3O2. The van der Waals surface area contributed by atoms with Crippen molar-refractivity contribution in [2.75, 3.05) is 12.3 Å². The predicted molar refractivity (Wildman–Crippen MR) is 72.3 cm³/mol. The maximum atomic E-state index is 11.9. The third-order valence-electron chi connectivity index (χ3n) is 3.45. The summed E-state index contributed by atoms with van der Waals surface area (Å²) in [5, 5.41) is 0. The maximum absolute atomic E-state index is 11.9. The zero-order valence-corrected chi connectivity index (χ0v) is 10.8. The van der Waals surface area contributed by atoms with Crippen LogP contribution in [0.3, 0.4) is 0 Å². The van der Waals surface area contributed by atoms with Gasteiger partial charge in [-0.2, -0.15) is 0 Å². The Morgan fingerprint density at radius 1 is 1.32 bits per heavy atom. The minimum absolute atomic E-state index is 0.194. The molecule has 1 aromatic heterocycles. The lowest BCUT2D eigenvalue weighted by atomic mass is 10.2. The number of nitrogen functional groups attached to an aromatic ring is 1. The molecular weight excluding hydrogens is 242 g/mol. The van der Waals surface area contributed by atoms with E-state index in [0.29, 0.717) is 30.1 Å². The normalized spacial score (nSPS) is 16.8. The Balaban J connectivity index is 1.82. The van der Waals surface area contributed by atoms with E-state index in [-0.39, 0.29) is 5.91 Å². The molecule has 2 heterocycles. The number of rotatable bonds is 2. The minimum Gasteiger partial charge on any atom is -0.439 e. The van der Waals surface area contributed by atoms with Crippen LogP contribution in [-0.4, -0.2) is 22.3 Å². The molecule has 0 aliphatic carbocycles. The first kappa shape index (κ1) is 12.0. The minimum atomic E-state index is 0.194. The summed E-state index contributed by atoms with van der Waals surface area (Å²) in [7, 11) is 0. The lowest BCUT2D eigenvalue weighted by molar-refractivity contribution is -0.131. The van der Waals surface area contributed by atoms with E-state index in [1.54, 1.807) is 12.1 Å².